The Morgan fingerprint density at radius 1 is 1.44 bits per heavy atom. The van der Waals surface area contributed by atoms with Crippen LogP contribution >= 0.6 is 24.8 Å². The van der Waals surface area contributed by atoms with Crippen molar-refractivity contribution in [1.29, 1.82) is 0 Å². The first kappa shape index (κ1) is 19.4. The number of rotatable bonds is 4. The van der Waals surface area contributed by atoms with Crippen molar-refractivity contribution in [1.82, 2.24) is 15.3 Å². The lowest BCUT2D eigenvalue weighted by Crippen LogP contribution is -2.55. The van der Waals surface area contributed by atoms with Crippen LogP contribution in [0.1, 0.15) is 31.3 Å². The topological polar surface area (TPSA) is 80.9 Å². The van der Waals surface area contributed by atoms with Gasteiger partial charge in [-0.25, -0.2) is 4.98 Å². The molecule has 1 heterocycles. The van der Waals surface area contributed by atoms with Gasteiger partial charge in [0.05, 0.1) is 11.7 Å². The molecular formula is C11H20Cl2N4O. The molecule has 0 radical (unpaired) electrons. The van der Waals surface area contributed by atoms with Gasteiger partial charge in [-0.05, 0) is 12.8 Å². The van der Waals surface area contributed by atoms with E-state index in [0.717, 1.165) is 0 Å². The van der Waals surface area contributed by atoms with Gasteiger partial charge in [0.1, 0.15) is 5.69 Å². The molecule has 0 aliphatic rings. The molecule has 3 N–H and O–H groups in total. The molecule has 0 aliphatic heterocycles. The highest BCUT2D eigenvalue weighted by Crippen LogP contribution is 2.15. The number of hydrogen-bond acceptors (Lipinski definition) is 4. The average Bonchev–Trinajstić information content (AvgIpc) is 2.29. The lowest BCUT2D eigenvalue weighted by atomic mass is 9.88. The number of aromatic nitrogens is 2. The van der Waals surface area contributed by atoms with Crippen LogP contribution < -0.4 is 11.1 Å². The Balaban J connectivity index is 0. The van der Waals surface area contributed by atoms with Crippen molar-refractivity contribution < 1.29 is 4.79 Å². The fraction of sp³-hybridized carbons (Fsp3) is 0.545. The maximum Gasteiger partial charge on any atom is 0.271 e. The van der Waals surface area contributed by atoms with Gasteiger partial charge in [0, 0.05) is 18.9 Å². The molecule has 1 atom stereocenters. The molecule has 0 fully saturated rings. The first-order valence-corrected chi connectivity index (χ1v) is 5.28. The van der Waals surface area contributed by atoms with Gasteiger partial charge in [0.15, 0.2) is 0 Å². The second-order valence-electron chi connectivity index (χ2n) is 4.32. The minimum Gasteiger partial charge on any atom is -0.344 e. The molecule has 5 nitrogen and oxygen atoms in total. The first-order chi connectivity index (χ1) is 7.49. The molecule has 0 spiro atoms. The molecule has 1 aromatic heterocycles. The van der Waals surface area contributed by atoms with Crippen LogP contribution in [0.25, 0.3) is 0 Å². The van der Waals surface area contributed by atoms with Gasteiger partial charge in [-0.3, -0.25) is 9.78 Å². The van der Waals surface area contributed by atoms with Crippen LogP contribution in [0.3, 0.4) is 0 Å². The van der Waals surface area contributed by atoms with E-state index in [0.29, 0.717) is 12.2 Å². The van der Waals surface area contributed by atoms with E-state index in [9.17, 15) is 4.79 Å². The molecule has 0 bridgehead atoms. The maximum absolute atomic E-state index is 11.9. The quantitative estimate of drug-likeness (QED) is 0.880. The Kier molecular flexibility index (Phi) is 8.89. The monoisotopic (exact) mass is 294 g/mol. The number of carbonyl (C=O) groups is 1. The molecule has 1 amide bonds. The van der Waals surface area contributed by atoms with Crippen molar-refractivity contribution >= 4 is 30.7 Å². The van der Waals surface area contributed by atoms with E-state index in [1.54, 1.807) is 0 Å². The zero-order valence-corrected chi connectivity index (χ0v) is 12.3. The standard InChI is InChI=1S/C11H18N4O.2ClH/c1-8(2)11(3,7-12)15-10(16)9-6-13-4-5-14-9;;/h4-6,8H,7,12H2,1-3H3,(H,15,16);2*1H. The van der Waals surface area contributed by atoms with Gasteiger partial charge in [0.25, 0.3) is 5.91 Å². The summed E-state index contributed by atoms with van der Waals surface area (Å²) in [4.78, 5) is 19.6. The van der Waals surface area contributed by atoms with Gasteiger partial charge in [0.2, 0.25) is 0 Å². The highest BCUT2D eigenvalue weighted by molar-refractivity contribution is 5.92. The Hall–Kier alpha value is -0.910. The molecule has 1 aromatic rings. The molecule has 0 saturated carbocycles. The van der Waals surface area contributed by atoms with E-state index < -0.39 is 5.54 Å². The summed E-state index contributed by atoms with van der Waals surface area (Å²) in [6.07, 6.45) is 4.46. The van der Waals surface area contributed by atoms with E-state index in [4.69, 9.17) is 5.73 Å². The minimum atomic E-state index is -0.422. The lowest BCUT2D eigenvalue weighted by molar-refractivity contribution is 0.0877. The van der Waals surface area contributed by atoms with Crippen LogP contribution in [0.4, 0.5) is 0 Å². The largest absolute Gasteiger partial charge is 0.344 e. The zero-order chi connectivity index (χ0) is 12.2. The van der Waals surface area contributed by atoms with Crippen molar-refractivity contribution in [2.75, 3.05) is 6.54 Å². The summed E-state index contributed by atoms with van der Waals surface area (Å²) < 4.78 is 0. The van der Waals surface area contributed by atoms with Crippen molar-refractivity contribution in [3.8, 4) is 0 Å². The van der Waals surface area contributed by atoms with Crippen LogP contribution in [0.2, 0.25) is 0 Å². The second-order valence-corrected chi connectivity index (χ2v) is 4.32. The molecular weight excluding hydrogens is 275 g/mol. The van der Waals surface area contributed by atoms with Crippen LogP contribution in [-0.2, 0) is 0 Å². The van der Waals surface area contributed by atoms with Gasteiger partial charge < -0.3 is 11.1 Å². The highest BCUT2D eigenvalue weighted by Gasteiger charge is 2.29. The summed E-state index contributed by atoms with van der Waals surface area (Å²) >= 11 is 0. The predicted molar refractivity (Wildman–Crippen MR) is 76.3 cm³/mol. The summed E-state index contributed by atoms with van der Waals surface area (Å²) in [5.41, 5.74) is 5.57. The molecule has 7 heteroatoms. The molecule has 0 saturated heterocycles. The molecule has 18 heavy (non-hydrogen) atoms. The van der Waals surface area contributed by atoms with Crippen LogP contribution in [-0.4, -0.2) is 28.0 Å². The summed E-state index contributed by atoms with van der Waals surface area (Å²) in [5.74, 6) is 0.00729. The summed E-state index contributed by atoms with van der Waals surface area (Å²) in [5, 5.41) is 2.89. The number of nitrogens with one attached hydrogen (secondary N) is 1. The number of carbonyl (C=O) groups excluding carboxylic acids is 1. The number of hydrogen-bond donors (Lipinski definition) is 2. The predicted octanol–water partition coefficient (Wildman–Crippen LogP) is 1.42. The number of nitrogens with two attached hydrogens (primary N) is 1. The Labute approximate surface area is 120 Å². The van der Waals surface area contributed by atoms with Gasteiger partial charge in [-0.1, -0.05) is 13.8 Å². The first-order valence-electron chi connectivity index (χ1n) is 5.28. The Morgan fingerprint density at radius 2 is 2.06 bits per heavy atom. The number of nitrogens with zero attached hydrogens (tertiary/aromatic N) is 2. The Bertz CT molecular complexity index is 361. The number of amides is 1. The van der Waals surface area contributed by atoms with Crippen molar-refractivity contribution in [2.24, 2.45) is 11.7 Å². The average molecular weight is 295 g/mol. The van der Waals surface area contributed by atoms with E-state index in [1.165, 1.54) is 18.6 Å². The lowest BCUT2D eigenvalue weighted by Gasteiger charge is -2.33. The highest BCUT2D eigenvalue weighted by atomic mass is 35.5. The molecule has 104 valence electrons. The van der Waals surface area contributed by atoms with E-state index >= 15 is 0 Å². The summed E-state index contributed by atoms with van der Waals surface area (Å²) in [7, 11) is 0. The van der Waals surface area contributed by atoms with Crippen molar-refractivity contribution in [2.45, 2.75) is 26.3 Å². The molecule has 1 rings (SSSR count). The third-order valence-corrected chi connectivity index (χ3v) is 2.89. The van der Waals surface area contributed by atoms with E-state index in [-0.39, 0.29) is 36.6 Å². The third kappa shape index (κ3) is 4.76. The van der Waals surface area contributed by atoms with Crippen molar-refractivity contribution in [3.05, 3.63) is 24.3 Å². The zero-order valence-electron chi connectivity index (χ0n) is 10.7. The SMILES string of the molecule is CC(C)C(C)(CN)NC(=O)c1cnccn1.Cl.Cl. The van der Waals surface area contributed by atoms with E-state index in [1.807, 2.05) is 20.8 Å². The fourth-order valence-corrected chi connectivity index (χ4v) is 1.17. The van der Waals surface area contributed by atoms with Crippen LogP contribution in [0.15, 0.2) is 18.6 Å². The van der Waals surface area contributed by atoms with Crippen LogP contribution in [0, 0.1) is 5.92 Å². The third-order valence-electron chi connectivity index (χ3n) is 2.89. The normalized spacial score (nSPS) is 12.9. The van der Waals surface area contributed by atoms with Gasteiger partial charge >= 0.3 is 0 Å². The maximum atomic E-state index is 11.9. The Morgan fingerprint density at radius 3 is 2.44 bits per heavy atom. The minimum absolute atomic E-state index is 0. The smallest absolute Gasteiger partial charge is 0.271 e. The van der Waals surface area contributed by atoms with E-state index in [2.05, 4.69) is 15.3 Å². The van der Waals surface area contributed by atoms with Gasteiger partial charge in [-0.15, -0.1) is 24.8 Å². The second kappa shape index (κ2) is 8.24. The van der Waals surface area contributed by atoms with Crippen LogP contribution in [0.5, 0.6) is 0 Å². The molecule has 0 aromatic carbocycles. The summed E-state index contributed by atoms with van der Waals surface area (Å²) in [6.45, 7) is 6.34. The molecule has 1 unspecified atom stereocenters. The van der Waals surface area contributed by atoms with Gasteiger partial charge in [-0.2, -0.15) is 0 Å². The number of halogens is 2. The van der Waals surface area contributed by atoms with Crippen molar-refractivity contribution in [3.63, 3.8) is 0 Å². The molecule has 0 aliphatic carbocycles. The summed E-state index contributed by atoms with van der Waals surface area (Å²) in [6, 6.07) is 0. The fourth-order valence-electron chi connectivity index (χ4n) is 1.17.